The Kier molecular flexibility index (Phi) is 5.10. The topological polar surface area (TPSA) is 98.2 Å². The number of amides is 2. The molecule has 2 amide bonds. The molecule has 0 rings (SSSR count). The van der Waals surface area contributed by atoms with Gasteiger partial charge in [-0.2, -0.15) is 0 Å². The van der Waals surface area contributed by atoms with E-state index in [1.54, 1.807) is 6.29 Å². The molecule has 0 saturated carbocycles. The van der Waals surface area contributed by atoms with Gasteiger partial charge >= 0.3 is 6.03 Å². The summed E-state index contributed by atoms with van der Waals surface area (Å²) in [5.41, 5.74) is 9.97. The highest BCUT2D eigenvalue weighted by Crippen LogP contribution is 1.91. The van der Waals surface area contributed by atoms with Crippen LogP contribution in [0, 0.1) is 0 Å². The summed E-state index contributed by atoms with van der Waals surface area (Å²) in [5, 5.41) is 2.22. The van der Waals surface area contributed by atoms with Gasteiger partial charge in [0.15, 0.2) is 0 Å². The summed E-state index contributed by atoms with van der Waals surface area (Å²) in [4.78, 5) is 20.3. The maximum Gasteiger partial charge on any atom is 0.312 e. The summed E-state index contributed by atoms with van der Waals surface area (Å²) in [6, 6.07) is -1.33. The van der Waals surface area contributed by atoms with Crippen LogP contribution in [0.25, 0.3) is 0 Å². The Bertz CT molecular complexity index is 138. The third-order valence-electron chi connectivity index (χ3n) is 1.16. The van der Waals surface area contributed by atoms with Crippen LogP contribution in [-0.2, 0) is 4.79 Å². The average Bonchev–Trinajstić information content (AvgIpc) is 1.97. The molecule has 11 heavy (non-hydrogen) atoms. The summed E-state index contributed by atoms with van der Waals surface area (Å²) in [6.07, 6.45) is 2.81. The van der Waals surface area contributed by atoms with Crippen LogP contribution in [0.5, 0.6) is 0 Å². The van der Waals surface area contributed by atoms with Crippen LogP contribution >= 0.6 is 0 Å². The van der Waals surface area contributed by atoms with E-state index in [-0.39, 0.29) is 0 Å². The Morgan fingerprint density at radius 1 is 1.64 bits per heavy atom. The second-order valence-electron chi connectivity index (χ2n) is 2.11. The van der Waals surface area contributed by atoms with Crippen LogP contribution in [0.3, 0.4) is 0 Å². The Hall–Kier alpha value is -1.10. The van der Waals surface area contributed by atoms with Crippen molar-refractivity contribution in [1.29, 1.82) is 0 Å². The number of nitrogens with two attached hydrogens (primary N) is 2. The molecular weight excluding hydrogens is 146 g/mol. The van der Waals surface area contributed by atoms with Crippen molar-refractivity contribution in [3.8, 4) is 0 Å². The standard InChI is InChI=1S/C6H12N3O2/c7-3-1-2-5(4-10)9-6(8)11/h5H,1-3,7H2,(H3,8,9,11)/t5-/m0/s1. The van der Waals surface area contributed by atoms with Gasteiger partial charge in [0, 0.05) is 0 Å². The van der Waals surface area contributed by atoms with Gasteiger partial charge in [0.1, 0.15) is 0 Å². The zero-order chi connectivity index (χ0) is 8.69. The van der Waals surface area contributed by atoms with E-state index >= 15 is 0 Å². The molecule has 0 aliphatic heterocycles. The number of nitrogens with one attached hydrogen (secondary N) is 1. The first kappa shape index (κ1) is 9.90. The van der Waals surface area contributed by atoms with Crippen molar-refractivity contribution in [3.05, 3.63) is 0 Å². The molecule has 0 aromatic rings. The quantitative estimate of drug-likeness (QED) is 0.472. The van der Waals surface area contributed by atoms with E-state index < -0.39 is 12.1 Å². The molecule has 5 heteroatoms. The Morgan fingerprint density at radius 2 is 2.27 bits per heavy atom. The molecule has 0 aromatic carbocycles. The van der Waals surface area contributed by atoms with Gasteiger partial charge in [0.05, 0.1) is 6.04 Å². The fourth-order valence-electron chi connectivity index (χ4n) is 0.654. The predicted molar refractivity (Wildman–Crippen MR) is 40.5 cm³/mol. The van der Waals surface area contributed by atoms with E-state index in [0.717, 1.165) is 0 Å². The lowest BCUT2D eigenvalue weighted by Crippen LogP contribution is -2.39. The second kappa shape index (κ2) is 5.67. The van der Waals surface area contributed by atoms with E-state index in [1.807, 2.05) is 0 Å². The molecule has 0 heterocycles. The summed E-state index contributed by atoms with van der Waals surface area (Å²) in [7, 11) is 0. The van der Waals surface area contributed by atoms with Gasteiger partial charge in [-0.1, -0.05) is 0 Å². The van der Waals surface area contributed by atoms with E-state index in [4.69, 9.17) is 11.5 Å². The van der Waals surface area contributed by atoms with Gasteiger partial charge in [-0.05, 0) is 19.4 Å². The second-order valence-corrected chi connectivity index (χ2v) is 2.11. The van der Waals surface area contributed by atoms with Gasteiger partial charge in [0.2, 0.25) is 6.29 Å². The molecule has 5 nitrogen and oxygen atoms in total. The van der Waals surface area contributed by atoms with Crippen LogP contribution < -0.4 is 16.8 Å². The number of primary amides is 1. The number of carbonyl (C=O) groups is 1. The predicted octanol–water partition coefficient (Wildman–Crippen LogP) is -1.13. The van der Waals surface area contributed by atoms with Crippen molar-refractivity contribution in [2.24, 2.45) is 11.5 Å². The fraction of sp³-hybridized carbons (Fsp3) is 0.667. The molecule has 0 saturated heterocycles. The number of carbonyl (C=O) groups excluding carboxylic acids is 2. The largest absolute Gasteiger partial charge is 0.352 e. The van der Waals surface area contributed by atoms with Crippen molar-refractivity contribution in [2.75, 3.05) is 6.54 Å². The van der Waals surface area contributed by atoms with Crippen molar-refractivity contribution in [3.63, 3.8) is 0 Å². The highest BCUT2D eigenvalue weighted by atomic mass is 16.2. The molecule has 0 aliphatic rings. The first-order chi connectivity index (χ1) is 5.20. The van der Waals surface area contributed by atoms with Gasteiger partial charge < -0.3 is 16.8 Å². The van der Waals surface area contributed by atoms with E-state index in [0.29, 0.717) is 19.4 Å². The minimum absolute atomic E-state index is 0.485. The molecule has 1 atom stereocenters. The molecule has 0 spiro atoms. The first-order valence-electron chi connectivity index (χ1n) is 3.34. The normalized spacial score (nSPS) is 12.1. The van der Waals surface area contributed by atoms with Gasteiger partial charge in [-0.15, -0.1) is 0 Å². The van der Waals surface area contributed by atoms with Crippen LogP contribution in [0.15, 0.2) is 0 Å². The van der Waals surface area contributed by atoms with Crippen molar-refractivity contribution in [1.82, 2.24) is 5.32 Å². The molecule has 1 radical (unpaired) electrons. The highest BCUT2D eigenvalue weighted by Gasteiger charge is 2.07. The third-order valence-corrected chi connectivity index (χ3v) is 1.16. The summed E-state index contributed by atoms with van der Waals surface area (Å²) < 4.78 is 0. The lowest BCUT2D eigenvalue weighted by atomic mass is 10.2. The lowest BCUT2D eigenvalue weighted by Gasteiger charge is -2.07. The van der Waals surface area contributed by atoms with Crippen LogP contribution in [0.1, 0.15) is 12.8 Å². The van der Waals surface area contributed by atoms with Crippen molar-refractivity contribution >= 4 is 12.3 Å². The number of hydrogen-bond donors (Lipinski definition) is 3. The number of hydrogen-bond acceptors (Lipinski definition) is 3. The zero-order valence-corrected chi connectivity index (χ0v) is 6.17. The molecule has 0 aromatic heterocycles. The number of rotatable bonds is 5. The number of urea groups is 1. The Morgan fingerprint density at radius 3 is 2.64 bits per heavy atom. The van der Waals surface area contributed by atoms with Gasteiger partial charge in [0.25, 0.3) is 0 Å². The Labute approximate surface area is 65.1 Å². The third kappa shape index (κ3) is 5.35. The Balaban J connectivity index is 3.57. The average molecular weight is 158 g/mol. The first-order valence-corrected chi connectivity index (χ1v) is 3.34. The van der Waals surface area contributed by atoms with Crippen LogP contribution in [0.4, 0.5) is 4.79 Å². The zero-order valence-electron chi connectivity index (χ0n) is 6.17. The van der Waals surface area contributed by atoms with Crippen molar-refractivity contribution in [2.45, 2.75) is 18.9 Å². The minimum atomic E-state index is -0.713. The minimum Gasteiger partial charge on any atom is -0.352 e. The maximum absolute atomic E-state index is 10.2. The monoisotopic (exact) mass is 158 g/mol. The van der Waals surface area contributed by atoms with E-state index in [1.165, 1.54) is 0 Å². The molecule has 0 unspecified atom stereocenters. The summed E-state index contributed by atoms with van der Waals surface area (Å²) >= 11 is 0. The van der Waals surface area contributed by atoms with E-state index in [2.05, 4.69) is 5.32 Å². The van der Waals surface area contributed by atoms with Crippen LogP contribution in [0.2, 0.25) is 0 Å². The molecule has 0 bridgehead atoms. The maximum atomic E-state index is 10.2. The van der Waals surface area contributed by atoms with Gasteiger partial charge in [-0.25, -0.2) is 4.79 Å². The summed E-state index contributed by atoms with van der Waals surface area (Å²) in [6.45, 7) is 0.485. The smallest absolute Gasteiger partial charge is 0.312 e. The molecule has 63 valence electrons. The van der Waals surface area contributed by atoms with Crippen LogP contribution in [-0.4, -0.2) is 24.9 Å². The summed E-state index contributed by atoms with van der Waals surface area (Å²) in [5.74, 6) is 0. The molecule has 0 aliphatic carbocycles. The SMILES string of the molecule is NCCC[C@@H]([C]=O)NC(N)=O. The van der Waals surface area contributed by atoms with E-state index in [9.17, 15) is 9.59 Å². The highest BCUT2D eigenvalue weighted by molar-refractivity contribution is 5.76. The fourth-order valence-corrected chi connectivity index (χ4v) is 0.654. The van der Waals surface area contributed by atoms with Gasteiger partial charge in [-0.3, -0.25) is 4.79 Å². The molecule has 0 fully saturated rings. The van der Waals surface area contributed by atoms with Crippen molar-refractivity contribution < 1.29 is 9.59 Å². The lowest BCUT2D eigenvalue weighted by molar-refractivity contribution is 0.247. The molecule has 5 N–H and O–H groups in total. The molecular formula is C6H12N3O2.